The van der Waals surface area contributed by atoms with E-state index in [4.69, 9.17) is 14.0 Å². The molecular weight excluding hydrogens is 346 g/mol. The number of hydrogen-bond donors (Lipinski definition) is 2. The summed E-state index contributed by atoms with van der Waals surface area (Å²) in [6.45, 7) is 0. The fraction of sp³-hybridized carbons (Fsp3) is 0.286. The summed E-state index contributed by atoms with van der Waals surface area (Å²) in [5.41, 5.74) is 3.00. The van der Waals surface area contributed by atoms with Gasteiger partial charge in [-0.2, -0.15) is 0 Å². The van der Waals surface area contributed by atoms with Crippen molar-refractivity contribution >= 4 is 0 Å². The van der Waals surface area contributed by atoms with Gasteiger partial charge in [0.15, 0.2) is 23.0 Å². The molecule has 142 valence electrons. The van der Waals surface area contributed by atoms with E-state index in [1.807, 2.05) is 30.3 Å². The first-order valence-corrected chi connectivity index (χ1v) is 8.75. The Labute approximate surface area is 158 Å². The molecule has 0 aliphatic rings. The Hall–Kier alpha value is -3.15. The number of aromatic nitrogens is 1. The van der Waals surface area contributed by atoms with Crippen LogP contribution in [-0.4, -0.2) is 29.6 Å². The highest BCUT2D eigenvalue weighted by atomic mass is 16.5. The van der Waals surface area contributed by atoms with Crippen molar-refractivity contribution in [2.45, 2.75) is 25.7 Å². The van der Waals surface area contributed by atoms with Gasteiger partial charge in [0.25, 0.3) is 0 Å². The molecule has 0 saturated carbocycles. The molecule has 0 bridgehead atoms. The molecule has 0 aliphatic carbocycles. The summed E-state index contributed by atoms with van der Waals surface area (Å²) >= 11 is 0. The Balaban J connectivity index is 1.55. The van der Waals surface area contributed by atoms with Crippen molar-refractivity contribution in [2.24, 2.45) is 0 Å². The summed E-state index contributed by atoms with van der Waals surface area (Å²) in [7, 11) is 3.07. The number of phenolic OH excluding ortho intramolecular Hbond substituents is 2. The van der Waals surface area contributed by atoms with E-state index in [0.29, 0.717) is 17.9 Å². The number of aromatic hydroxyl groups is 2. The minimum atomic E-state index is 0.133. The maximum Gasteiger partial charge on any atom is 0.160 e. The second-order valence-electron chi connectivity index (χ2n) is 6.30. The first-order valence-electron chi connectivity index (χ1n) is 8.75. The molecule has 2 N–H and O–H groups in total. The van der Waals surface area contributed by atoms with Gasteiger partial charge in [0.05, 0.1) is 19.9 Å². The lowest BCUT2D eigenvalue weighted by molar-refractivity contribution is 0.371. The molecule has 0 aliphatic heterocycles. The van der Waals surface area contributed by atoms with Gasteiger partial charge in [0, 0.05) is 12.5 Å². The van der Waals surface area contributed by atoms with E-state index >= 15 is 0 Å². The van der Waals surface area contributed by atoms with Crippen LogP contribution < -0.4 is 9.47 Å². The molecule has 0 atom stereocenters. The van der Waals surface area contributed by atoms with E-state index in [1.165, 1.54) is 14.2 Å². The van der Waals surface area contributed by atoms with E-state index in [0.717, 1.165) is 41.8 Å². The van der Waals surface area contributed by atoms with Gasteiger partial charge >= 0.3 is 0 Å². The van der Waals surface area contributed by atoms with Crippen molar-refractivity contribution in [2.75, 3.05) is 14.2 Å². The fourth-order valence-electron chi connectivity index (χ4n) is 2.89. The van der Waals surface area contributed by atoms with Crippen molar-refractivity contribution in [3.8, 4) is 23.0 Å². The van der Waals surface area contributed by atoms with E-state index in [9.17, 15) is 10.2 Å². The lowest BCUT2D eigenvalue weighted by Crippen LogP contribution is -1.93. The maximum absolute atomic E-state index is 9.65. The Morgan fingerprint density at radius 2 is 1.33 bits per heavy atom. The van der Waals surface area contributed by atoms with Crippen LogP contribution in [-0.2, 0) is 25.7 Å². The quantitative estimate of drug-likeness (QED) is 0.630. The molecule has 27 heavy (non-hydrogen) atoms. The van der Waals surface area contributed by atoms with Gasteiger partial charge in [-0.15, -0.1) is 0 Å². The fourth-order valence-corrected chi connectivity index (χ4v) is 2.89. The number of aryl methyl sites for hydroxylation is 4. The average Bonchev–Trinajstić information content (AvgIpc) is 3.14. The normalized spacial score (nSPS) is 10.7. The zero-order chi connectivity index (χ0) is 19.2. The van der Waals surface area contributed by atoms with Crippen LogP contribution in [0.25, 0.3) is 0 Å². The summed E-state index contributed by atoms with van der Waals surface area (Å²) in [6.07, 6.45) is 3.00. The number of ether oxygens (including phenoxy) is 2. The highest BCUT2D eigenvalue weighted by Gasteiger charge is 2.08. The summed E-state index contributed by atoms with van der Waals surface area (Å²) < 4.78 is 15.7. The van der Waals surface area contributed by atoms with Crippen molar-refractivity contribution in [1.82, 2.24) is 5.16 Å². The van der Waals surface area contributed by atoms with Gasteiger partial charge in [-0.3, -0.25) is 0 Å². The van der Waals surface area contributed by atoms with E-state index in [-0.39, 0.29) is 11.5 Å². The first-order chi connectivity index (χ1) is 13.1. The van der Waals surface area contributed by atoms with E-state index in [1.54, 1.807) is 12.1 Å². The summed E-state index contributed by atoms with van der Waals surface area (Å²) in [5, 5.41) is 23.4. The van der Waals surface area contributed by atoms with Crippen LogP contribution >= 0.6 is 0 Å². The molecular formula is C21H23NO5. The van der Waals surface area contributed by atoms with Gasteiger partial charge in [0.1, 0.15) is 5.76 Å². The van der Waals surface area contributed by atoms with E-state index < -0.39 is 0 Å². The predicted octanol–water partition coefficient (Wildman–Crippen LogP) is 3.67. The Morgan fingerprint density at radius 1 is 0.778 bits per heavy atom. The SMILES string of the molecule is COc1cc(CCc2cc(CCc3ccc(O)c(OC)c3)on2)ccc1O. The van der Waals surface area contributed by atoms with Crippen LogP contribution in [0.2, 0.25) is 0 Å². The molecule has 3 rings (SSSR count). The average molecular weight is 369 g/mol. The summed E-state index contributed by atoms with van der Waals surface area (Å²) in [4.78, 5) is 0. The van der Waals surface area contributed by atoms with Crippen molar-refractivity contribution in [1.29, 1.82) is 0 Å². The van der Waals surface area contributed by atoms with Gasteiger partial charge in [0.2, 0.25) is 0 Å². The molecule has 3 aromatic rings. The highest BCUT2D eigenvalue weighted by Crippen LogP contribution is 2.28. The Bertz CT molecular complexity index is 831. The third kappa shape index (κ3) is 4.73. The molecule has 0 saturated heterocycles. The van der Waals surface area contributed by atoms with Gasteiger partial charge in [-0.05, 0) is 54.7 Å². The number of hydrogen-bond acceptors (Lipinski definition) is 6. The predicted molar refractivity (Wildman–Crippen MR) is 101 cm³/mol. The molecule has 0 radical (unpaired) electrons. The molecule has 0 unspecified atom stereocenters. The number of nitrogens with zero attached hydrogens (tertiary/aromatic N) is 1. The van der Waals surface area contributed by atoms with E-state index in [2.05, 4.69) is 5.16 Å². The van der Waals surface area contributed by atoms with Crippen molar-refractivity contribution in [3.63, 3.8) is 0 Å². The third-order valence-electron chi connectivity index (χ3n) is 4.43. The smallest absolute Gasteiger partial charge is 0.160 e. The number of methoxy groups -OCH3 is 2. The van der Waals surface area contributed by atoms with Crippen molar-refractivity contribution in [3.05, 3.63) is 65.0 Å². The number of phenols is 2. The number of rotatable bonds is 8. The largest absolute Gasteiger partial charge is 0.504 e. The molecule has 1 aromatic heterocycles. The molecule has 0 spiro atoms. The zero-order valence-electron chi connectivity index (χ0n) is 15.4. The van der Waals surface area contributed by atoms with Gasteiger partial charge in [-0.25, -0.2) is 0 Å². The molecule has 2 aromatic carbocycles. The minimum absolute atomic E-state index is 0.133. The lowest BCUT2D eigenvalue weighted by Gasteiger charge is -2.05. The molecule has 0 amide bonds. The monoisotopic (exact) mass is 369 g/mol. The van der Waals surface area contributed by atoms with Crippen LogP contribution in [0.3, 0.4) is 0 Å². The Morgan fingerprint density at radius 3 is 1.89 bits per heavy atom. The molecule has 0 fully saturated rings. The maximum atomic E-state index is 9.65. The van der Waals surface area contributed by atoms with Crippen LogP contribution in [0, 0.1) is 0 Å². The van der Waals surface area contributed by atoms with Gasteiger partial charge in [-0.1, -0.05) is 17.3 Å². The van der Waals surface area contributed by atoms with Crippen LogP contribution in [0.15, 0.2) is 47.0 Å². The lowest BCUT2D eigenvalue weighted by atomic mass is 10.1. The second-order valence-corrected chi connectivity index (χ2v) is 6.30. The summed E-state index contributed by atoms with van der Waals surface area (Å²) in [5.74, 6) is 2.03. The highest BCUT2D eigenvalue weighted by molar-refractivity contribution is 5.42. The number of benzene rings is 2. The second kappa shape index (κ2) is 8.49. The standard InChI is InChI=1S/C21H23NO5/c1-25-20-11-14(5-9-18(20)23)3-7-16-13-17(27-22-16)8-4-15-6-10-19(24)21(12-15)26-2/h5-6,9-13,23-24H,3-4,7-8H2,1-2H3. The minimum Gasteiger partial charge on any atom is -0.504 e. The van der Waals surface area contributed by atoms with Crippen LogP contribution in [0.4, 0.5) is 0 Å². The Kier molecular flexibility index (Phi) is 5.86. The first kappa shape index (κ1) is 18.6. The van der Waals surface area contributed by atoms with Crippen molar-refractivity contribution < 1.29 is 24.2 Å². The van der Waals surface area contributed by atoms with Crippen LogP contribution in [0.5, 0.6) is 23.0 Å². The summed E-state index contributed by atoms with van der Waals surface area (Å²) in [6, 6.07) is 12.6. The zero-order valence-corrected chi connectivity index (χ0v) is 15.4. The van der Waals surface area contributed by atoms with Crippen LogP contribution in [0.1, 0.15) is 22.6 Å². The molecule has 6 nitrogen and oxygen atoms in total. The topological polar surface area (TPSA) is 85.0 Å². The van der Waals surface area contributed by atoms with Gasteiger partial charge < -0.3 is 24.2 Å². The molecule has 1 heterocycles. The third-order valence-corrected chi connectivity index (χ3v) is 4.43. The molecule has 6 heteroatoms.